The van der Waals surface area contributed by atoms with Crippen LogP contribution in [0, 0.1) is 12.8 Å². The normalized spacial score (nSPS) is 14.4. The Bertz CT molecular complexity index is 2050. The Hall–Kier alpha value is -4.19. The van der Waals surface area contributed by atoms with Crippen LogP contribution in [0.2, 0.25) is 10.0 Å². The second-order valence-electron chi connectivity index (χ2n) is 11.5. The van der Waals surface area contributed by atoms with Crippen molar-refractivity contribution in [3.8, 4) is 5.82 Å². The van der Waals surface area contributed by atoms with Gasteiger partial charge in [0.2, 0.25) is 10.0 Å². The van der Waals surface area contributed by atoms with E-state index in [9.17, 15) is 44.3 Å². The summed E-state index contributed by atoms with van der Waals surface area (Å²) in [7, 11) is -5.00. The number of nitrogens with zero attached hydrogens (tertiary/aromatic N) is 3. The van der Waals surface area contributed by atoms with Crippen LogP contribution in [0.5, 0.6) is 0 Å². The number of pyridine rings is 1. The molecule has 19 heteroatoms. The number of benzene rings is 2. The molecule has 2 amide bonds. The Morgan fingerprint density at radius 3 is 2.20 bits per heavy atom. The number of aromatic nitrogens is 3. The number of carbonyl (C=O) groups excluding carboxylic acids is 2. The summed E-state index contributed by atoms with van der Waals surface area (Å²) in [5.41, 5.74) is -3.54. The Morgan fingerprint density at radius 1 is 0.980 bits per heavy atom. The van der Waals surface area contributed by atoms with Crippen molar-refractivity contribution in [3.05, 3.63) is 98.4 Å². The molecule has 266 valence electrons. The number of hydrogen-bond donors (Lipinski definition) is 3. The van der Waals surface area contributed by atoms with Crippen molar-refractivity contribution in [2.45, 2.75) is 56.5 Å². The van der Waals surface area contributed by atoms with Gasteiger partial charge >= 0.3 is 12.4 Å². The van der Waals surface area contributed by atoms with Gasteiger partial charge < -0.3 is 10.6 Å². The van der Waals surface area contributed by atoms with E-state index in [4.69, 9.17) is 23.2 Å². The molecule has 1 saturated carbocycles. The Kier molecular flexibility index (Phi) is 10.3. The number of rotatable bonds is 10. The number of hydrogen-bond acceptors (Lipinski definition) is 6. The third kappa shape index (κ3) is 8.39. The van der Waals surface area contributed by atoms with Crippen molar-refractivity contribution in [1.82, 2.24) is 24.8 Å². The fourth-order valence-electron chi connectivity index (χ4n) is 4.97. The molecule has 0 radical (unpaired) electrons. The first-order valence-corrected chi connectivity index (χ1v) is 16.9. The predicted octanol–water partition coefficient (Wildman–Crippen LogP) is 7.18. The molecule has 5 rings (SSSR count). The second kappa shape index (κ2) is 13.8. The minimum absolute atomic E-state index is 0.0113. The summed E-state index contributed by atoms with van der Waals surface area (Å²) < 4.78 is 109. The average molecular weight is 764 g/mol. The second-order valence-corrected chi connectivity index (χ2v) is 14.1. The monoisotopic (exact) mass is 762 g/mol. The van der Waals surface area contributed by atoms with Crippen molar-refractivity contribution in [1.29, 1.82) is 0 Å². The number of aryl methyl sites for hydroxylation is 1. The molecule has 2 aromatic heterocycles. The van der Waals surface area contributed by atoms with E-state index >= 15 is 0 Å². The molecule has 0 saturated heterocycles. The van der Waals surface area contributed by atoms with Gasteiger partial charge in [0.05, 0.1) is 44.5 Å². The Labute approximate surface area is 291 Å². The summed E-state index contributed by atoms with van der Waals surface area (Å²) >= 11 is 12.5. The quantitative estimate of drug-likeness (QED) is 0.147. The third-order valence-electron chi connectivity index (χ3n) is 7.72. The molecule has 1 fully saturated rings. The average Bonchev–Trinajstić information content (AvgIpc) is 3.79. The molecule has 1 aliphatic rings. The van der Waals surface area contributed by atoms with Crippen molar-refractivity contribution >= 4 is 50.7 Å². The number of carbonyl (C=O) groups is 2. The lowest BCUT2D eigenvalue weighted by Crippen LogP contribution is -2.34. The SMILES string of the molecule is Cc1cc(Cl)cc(C(=O)NC(C)C2CC2)c1NC(=O)c1cc(CNS(=O)(=O)c2cc(C(F)(F)F)cc(C(F)(F)F)c2)nn1-c1ncccc1Cl. The third-order valence-corrected chi connectivity index (χ3v) is 9.61. The lowest BCUT2D eigenvalue weighted by atomic mass is 10.1. The van der Waals surface area contributed by atoms with Gasteiger partial charge in [-0.05, 0) is 86.7 Å². The van der Waals surface area contributed by atoms with E-state index < -0.39 is 56.8 Å². The maximum absolute atomic E-state index is 13.8. The topological polar surface area (TPSA) is 135 Å². The number of alkyl halides is 6. The zero-order chi connectivity index (χ0) is 36.8. The number of halogens is 8. The van der Waals surface area contributed by atoms with Crippen molar-refractivity contribution in [2.75, 3.05) is 5.32 Å². The largest absolute Gasteiger partial charge is 0.416 e. The molecule has 2 aromatic carbocycles. The smallest absolute Gasteiger partial charge is 0.349 e. The van der Waals surface area contributed by atoms with Gasteiger partial charge in [-0.2, -0.15) is 31.4 Å². The van der Waals surface area contributed by atoms with Gasteiger partial charge in [-0.3, -0.25) is 9.59 Å². The van der Waals surface area contributed by atoms with Crippen LogP contribution in [0.15, 0.2) is 59.6 Å². The van der Waals surface area contributed by atoms with Gasteiger partial charge in [0, 0.05) is 17.3 Å². The van der Waals surface area contributed by atoms with E-state index in [0.717, 1.165) is 23.6 Å². The molecule has 1 atom stereocenters. The highest BCUT2D eigenvalue weighted by molar-refractivity contribution is 7.89. The first-order chi connectivity index (χ1) is 23.2. The van der Waals surface area contributed by atoms with Crippen LogP contribution in [0.1, 0.15) is 63.0 Å². The first kappa shape index (κ1) is 37.1. The molecule has 1 unspecified atom stereocenters. The van der Waals surface area contributed by atoms with Crippen LogP contribution in [0.4, 0.5) is 32.0 Å². The van der Waals surface area contributed by atoms with E-state index in [0.29, 0.717) is 11.5 Å². The minimum Gasteiger partial charge on any atom is -0.349 e. The zero-order valence-electron chi connectivity index (χ0n) is 25.9. The van der Waals surface area contributed by atoms with E-state index in [-0.39, 0.29) is 62.7 Å². The molecular weight excluding hydrogens is 737 g/mol. The summed E-state index contributed by atoms with van der Waals surface area (Å²) in [5, 5.41) is 10.00. The molecule has 1 aliphatic carbocycles. The summed E-state index contributed by atoms with van der Waals surface area (Å²) in [6.07, 6.45) is -7.31. The molecule has 0 spiro atoms. The van der Waals surface area contributed by atoms with E-state index in [1.54, 1.807) is 6.92 Å². The molecule has 0 aliphatic heterocycles. The van der Waals surface area contributed by atoms with Crippen LogP contribution >= 0.6 is 23.2 Å². The van der Waals surface area contributed by atoms with Gasteiger partial charge in [0.1, 0.15) is 5.69 Å². The first-order valence-electron chi connectivity index (χ1n) is 14.7. The highest BCUT2D eigenvalue weighted by Crippen LogP contribution is 2.37. The Balaban J connectivity index is 1.48. The van der Waals surface area contributed by atoms with Crippen LogP contribution in [-0.4, -0.2) is 41.0 Å². The van der Waals surface area contributed by atoms with Crippen molar-refractivity contribution in [3.63, 3.8) is 0 Å². The fraction of sp³-hybridized carbons (Fsp3) is 0.290. The molecule has 10 nitrogen and oxygen atoms in total. The van der Waals surface area contributed by atoms with Crippen molar-refractivity contribution in [2.24, 2.45) is 5.92 Å². The van der Waals surface area contributed by atoms with E-state index in [1.165, 1.54) is 30.5 Å². The molecule has 2 heterocycles. The maximum atomic E-state index is 13.8. The predicted molar refractivity (Wildman–Crippen MR) is 171 cm³/mol. The maximum Gasteiger partial charge on any atom is 0.416 e. The van der Waals surface area contributed by atoms with Gasteiger partial charge in [0.25, 0.3) is 11.8 Å². The standard InChI is InChI=1S/C31H26Cl2F6N6O4S/c1-15-8-20(32)12-23(28(46)42-16(2)17-5-6-17)26(15)43-29(47)25-13-21(44-45(25)27-24(33)4-3-7-40-27)14-41-50(48,49)22-10-18(30(34,35)36)9-19(11-22)31(37,38)39/h3-4,7-13,16-17,41H,5-6,14H2,1-2H3,(H,42,46)(H,43,47). The summed E-state index contributed by atoms with van der Waals surface area (Å²) in [5.74, 6) is -1.11. The van der Waals surface area contributed by atoms with Gasteiger partial charge in [-0.1, -0.05) is 23.2 Å². The van der Waals surface area contributed by atoms with Crippen LogP contribution in [0.25, 0.3) is 5.82 Å². The highest BCUT2D eigenvalue weighted by atomic mass is 35.5. The zero-order valence-corrected chi connectivity index (χ0v) is 28.2. The van der Waals surface area contributed by atoms with Gasteiger partial charge in [-0.15, -0.1) is 0 Å². The van der Waals surface area contributed by atoms with Crippen LogP contribution < -0.4 is 15.4 Å². The van der Waals surface area contributed by atoms with Crippen LogP contribution in [-0.2, 0) is 28.9 Å². The van der Waals surface area contributed by atoms with E-state index in [1.807, 2.05) is 11.6 Å². The summed E-state index contributed by atoms with van der Waals surface area (Å²) in [4.78, 5) is 29.9. The van der Waals surface area contributed by atoms with Gasteiger partial charge in [0.15, 0.2) is 5.82 Å². The van der Waals surface area contributed by atoms with Crippen molar-refractivity contribution < 1.29 is 44.3 Å². The lowest BCUT2D eigenvalue weighted by Gasteiger charge is -2.18. The molecule has 50 heavy (non-hydrogen) atoms. The molecule has 0 bridgehead atoms. The fourth-order valence-corrected chi connectivity index (χ4v) is 6.51. The lowest BCUT2D eigenvalue weighted by molar-refractivity contribution is -0.143. The molecule has 4 aromatic rings. The summed E-state index contributed by atoms with van der Waals surface area (Å²) in [6.45, 7) is 2.68. The van der Waals surface area contributed by atoms with E-state index in [2.05, 4.69) is 20.7 Å². The number of anilines is 1. The van der Waals surface area contributed by atoms with Crippen LogP contribution in [0.3, 0.4) is 0 Å². The number of amides is 2. The number of sulfonamides is 1. The highest BCUT2D eigenvalue weighted by Gasteiger charge is 2.38. The molecular formula is C31H26Cl2F6N6O4S. The van der Waals surface area contributed by atoms with Gasteiger partial charge in [-0.25, -0.2) is 22.8 Å². The number of nitrogens with one attached hydrogen (secondary N) is 3. The molecule has 3 N–H and O–H groups in total. The summed E-state index contributed by atoms with van der Waals surface area (Å²) in [6, 6.07) is 6.71. The Morgan fingerprint density at radius 2 is 1.62 bits per heavy atom. The minimum atomic E-state index is -5.28.